The lowest BCUT2D eigenvalue weighted by atomic mass is 10.1. The number of anilines is 3. The molecular formula is C19H22N6O2. The number of primary amides is 1. The lowest BCUT2D eigenvalue weighted by Gasteiger charge is -2.25. The number of hydrogen-bond donors (Lipinski definition) is 4. The van der Waals surface area contributed by atoms with Crippen LogP contribution >= 0.6 is 0 Å². The molecule has 140 valence electrons. The third-order valence-electron chi connectivity index (χ3n) is 4.64. The molecule has 0 bridgehead atoms. The van der Waals surface area contributed by atoms with Crippen LogP contribution in [0.2, 0.25) is 0 Å². The van der Waals surface area contributed by atoms with E-state index in [1.807, 2.05) is 31.2 Å². The first-order valence-electron chi connectivity index (χ1n) is 9.00. The second-order valence-corrected chi connectivity index (χ2v) is 6.69. The van der Waals surface area contributed by atoms with Gasteiger partial charge in [0.1, 0.15) is 11.3 Å². The highest BCUT2D eigenvalue weighted by atomic mass is 16.3. The molecule has 0 aliphatic carbocycles. The van der Waals surface area contributed by atoms with Gasteiger partial charge in [-0.25, -0.2) is 9.97 Å². The minimum absolute atomic E-state index is 0.299. The second kappa shape index (κ2) is 7.24. The molecule has 0 saturated carbocycles. The molecule has 0 atom stereocenters. The highest BCUT2D eigenvalue weighted by Gasteiger charge is 2.17. The Balaban J connectivity index is 1.59. The van der Waals surface area contributed by atoms with Crippen LogP contribution in [0, 0.1) is 6.92 Å². The van der Waals surface area contributed by atoms with E-state index in [1.54, 1.807) is 0 Å². The molecule has 0 radical (unpaired) electrons. The van der Waals surface area contributed by atoms with Gasteiger partial charge in [0.15, 0.2) is 11.5 Å². The molecule has 0 unspecified atom stereocenters. The molecule has 1 aliphatic rings. The number of pyridine rings is 1. The van der Waals surface area contributed by atoms with Crippen LogP contribution in [0.25, 0.3) is 11.1 Å². The Morgan fingerprint density at radius 1 is 1.30 bits per heavy atom. The largest absolute Gasteiger partial charge is 0.441 e. The van der Waals surface area contributed by atoms with Crippen LogP contribution in [-0.2, 0) is 0 Å². The van der Waals surface area contributed by atoms with Crippen molar-refractivity contribution >= 4 is 34.2 Å². The number of oxazole rings is 1. The number of benzene rings is 1. The van der Waals surface area contributed by atoms with E-state index >= 15 is 0 Å². The predicted molar refractivity (Wildman–Crippen MR) is 104 cm³/mol. The first-order chi connectivity index (χ1) is 13.1. The van der Waals surface area contributed by atoms with Crippen molar-refractivity contribution in [2.75, 3.05) is 23.7 Å². The molecule has 1 saturated heterocycles. The fourth-order valence-electron chi connectivity index (χ4n) is 3.29. The summed E-state index contributed by atoms with van der Waals surface area (Å²) in [7, 11) is 0. The lowest BCUT2D eigenvalue weighted by molar-refractivity contribution is 0.100. The van der Waals surface area contributed by atoms with Crippen molar-refractivity contribution in [1.82, 2.24) is 15.3 Å². The van der Waals surface area contributed by atoms with Gasteiger partial charge in [0, 0.05) is 37.0 Å². The molecule has 8 nitrogen and oxygen atoms in total. The van der Waals surface area contributed by atoms with Crippen LogP contribution in [0.3, 0.4) is 0 Å². The van der Waals surface area contributed by atoms with E-state index in [9.17, 15) is 4.79 Å². The van der Waals surface area contributed by atoms with Gasteiger partial charge in [-0.05, 0) is 38.1 Å². The fourth-order valence-corrected chi connectivity index (χ4v) is 3.29. The Labute approximate surface area is 156 Å². The number of carbonyl (C=O) groups is 1. The van der Waals surface area contributed by atoms with Crippen LogP contribution in [0.5, 0.6) is 0 Å². The third kappa shape index (κ3) is 3.85. The highest BCUT2D eigenvalue weighted by Crippen LogP contribution is 2.25. The molecule has 27 heavy (non-hydrogen) atoms. The molecule has 3 aromatic rings. The first kappa shape index (κ1) is 17.3. The van der Waals surface area contributed by atoms with Crippen LogP contribution in [0.15, 0.2) is 34.9 Å². The van der Waals surface area contributed by atoms with Gasteiger partial charge < -0.3 is 26.1 Å². The van der Waals surface area contributed by atoms with Crippen LogP contribution in [0.4, 0.5) is 17.2 Å². The maximum Gasteiger partial charge on any atom is 0.252 e. The van der Waals surface area contributed by atoms with E-state index in [0.29, 0.717) is 34.6 Å². The van der Waals surface area contributed by atoms with Gasteiger partial charge in [-0.2, -0.15) is 0 Å². The van der Waals surface area contributed by atoms with Crippen molar-refractivity contribution in [3.63, 3.8) is 0 Å². The number of fused-ring (bicyclic) bond motifs is 1. The maximum atomic E-state index is 11.8. The smallest absolute Gasteiger partial charge is 0.252 e. The molecule has 8 heteroatoms. The number of rotatable bonds is 5. The maximum absolute atomic E-state index is 11.8. The molecule has 2 aromatic heterocycles. The SMILES string of the molecule is Cc1nc2ccc(Nc3cc(NC4CCNCC4)c(C(N)=O)cn3)cc2o1. The number of hydrogen-bond acceptors (Lipinski definition) is 7. The molecule has 4 rings (SSSR count). The summed E-state index contributed by atoms with van der Waals surface area (Å²) in [5.41, 5.74) is 8.94. The van der Waals surface area contributed by atoms with Crippen LogP contribution in [0.1, 0.15) is 29.1 Å². The van der Waals surface area contributed by atoms with Gasteiger partial charge in [0.2, 0.25) is 0 Å². The zero-order valence-corrected chi connectivity index (χ0v) is 15.1. The summed E-state index contributed by atoms with van der Waals surface area (Å²) < 4.78 is 5.57. The summed E-state index contributed by atoms with van der Waals surface area (Å²) in [4.78, 5) is 20.4. The Hall–Kier alpha value is -3.13. The zero-order valence-electron chi connectivity index (χ0n) is 15.1. The predicted octanol–water partition coefficient (Wildman–Crippen LogP) is 2.54. The summed E-state index contributed by atoms with van der Waals surface area (Å²) in [5.74, 6) is 0.746. The number of aryl methyl sites for hydroxylation is 1. The van der Waals surface area contributed by atoms with Gasteiger partial charge in [0.25, 0.3) is 5.91 Å². The van der Waals surface area contributed by atoms with Crippen molar-refractivity contribution in [2.45, 2.75) is 25.8 Å². The zero-order chi connectivity index (χ0) is 18.8. The Morgan fingerprint density at radius 2 is 2.11 bits per heavy atom. The third-order valence-corrected chi connectivity index (χ3v) is 4.64. The van der Waals surface area contributed by atoms with Gasteiger partial charge >= 0.3 is 0 Å². The monoisotopic (exact) mass is 366 g/mol. The van der Waals surface area contributed by atoms with Crippen LogP contribution < -0.4 is 21.7 Å². The van der Waals surface area contributed by atoms with Crippen molar-refractivity contribution in [1.29, 1.82) is 0 Å². The average Bonchev–Trinajstić information content (AvgIpc) is 3.02. The van der Waals surface area contributed by atoms with E-state index in [4.69, 9.17) is 10.2 Å². The second-order valence-electron chi connectivity index (χ2n) is 6.69. The molecule has 5 N–H and O–H groups in total. The van der Waals surface area contributed by atoms with Crippen molar-refractivity contribution in [3.8, 4) is 0 Å². The number of amides is 1. The molecule has 1 amide bonds. The normalized spacial score (nSPS) is 15.0. The number of piperidine rings is 1. The topological polar surface area (TPSA) is 118 Å². The van der Waals surface area contributed by atoms with E-state index in [1.165, 1.54) is 6.20 Å². The number of carbonyl (C=O) groups excluding carboxylic acids is 1. The van der Waals surface area contributed by atoms with Gasteiger partial charge in [-0.3, -0.25) is 4.79 Å². The quantitative estimate of drug-likeness (QED) is 0.548. The Kier molecular flexibility index (Phi) is 4.64. The highest BCUT2D eigenvalue weighted by molar-refractivity contribution is 5.98. The molecule has 1 fully saturated rings. The molecule has 1 aromatic carbocycles. The van der Waals surface area contributed by atoms with Gasteiger partial charge in [-0.15, -0.1) is 0 Å². The minimum Gasteiger partial charge on any atom is -0.441 e. The van der Waals surface area contributed by atoms with E-state index in [0.717, 1.165) is 37.1 Å². The molecule has 3 heterocycles. The number of nitrogens with zero attached hydrogens (tertiary/aromatic N) is 2. The fraction of sp³-hybridized carbons (Fsp3) is 0.316. The van der Waals surface area contributed by atoms with Crippen molar-refractivity contribution < 1.29 is 9.21 Å². The summed E-state index contributed by atoms with van der Waals surface area (Å²) in [6.45, 7) is 3.72. The number of aromatic nitrogens is 2. The first-order valence-corrected chi connectivity index (χ1v) is 9.00. The summed E-state index contributed by atoms with van der Waals surface area (Å²) >= 11 is 0. The molecule has 1 aliphatic heterocycles. The number of nitrogens with one attached hydrogen (secondary N) is 3. The van der Waals surface area contributed by atoms with Crippen molar-refractivity contribution in [2.24, 2.45) is 5.73 Å². The van der Waals surface area contributed by atoms with E-state index in [-0.39, 0.29) is 0 Å². The number of nitrogens with two attached hydrogens (primary N) is 1. The van der Waals surface area contributed by atoms with Crippen LogP contribution in [-0.4, -0.2) is 35.0 Å². The Bertz CT molecular complexity index is 977. The van der Waals surface area contributed by atoms with Crippen molar-refractivity contribution in [3.05, 3.63) is 41.9 Å². The standard InChI is InChI=1S/C19H22N6O2/c1-11-23-15-3-2-13(8-17(15)27-11)25-18-9-16(14(10-22-18)19(20)26)24-12-4-6-21-7-5-12/h2-3,8-10,12,21H,4-7H2,1H3,(H2,20,26)(H2,22,24,25). The lowest BCUT2D eigenvalue weighted by Crippen LogP contribution is -2.35. The van der Waals surface area contributed by atoms with E-state index in [2.05, 4.69) is 25.9 Å². The average molecular weight is 366 g/mol. The van der Waals surface area contributed by atoms with Gasteiger partial charge in [-0.1, -0.05) is 0 Å². The van der Waals surface area contributed by atoms with E-state index < -0.39 is 5.91 Å². The summed E-state index contributed by atoms with van der Waals surface area (Å²) in [5, 5.41) is 10.0. The molecular weight excluding hydrogens is 344 g/mol. The van der Waals surface area contributed by atoms with Gasteiger partial charge in [0.05, 0.1) is 11.3 Å². The minimum atomic E-state index is -0.496. The Morgan fingerprint density at radius 3 is 2.89 bits per heavy atom. The summed E-state index contributed by atoms with van der Waals surface area (Å²) in [6, 6.07) is 7.79. The molecule has 0 spiro atoms. The summed E-state index contributed by atoms with van der Waals surface area (Å²) in [6.07, 6.45) is 3.49.